The van der Waals surface area contributed by atoms with Gasteiger partial charge in [-0.15, -0.1) is 0 Å². The summed E-state index contributed by atoms with van der Waals surface area (Å²) in [6.07, 6.45) is 5.87. The Morgan fingerprint density at radius 2 is 1.48 bits per heavy atom. The third-order valence-corrected chi connectivity index (χ3v) is 15.1. The molecule has 18 heteroatoms. The molecule has 4 amide bonds. The Morgan fingerprint density at radius 3 is 2.17 bits per heavy atom. The van der Waals surface area contributed by atoms with E-state index in [9.17, 15) is 32.4 Å². The predicted molar refractivity (Wildman–Crippen MR) is 250 cm³/mol. The fourth-order valence-electron chi connectivity index (χ4n) is 10.7. The molecule has 5 aliphatic heterocycles. The van der Waals surface area contributed by atoms with Gasteiger partial charge in [0.05, 0.1) is 47.7 Å². The minimum absolute atomic E-state index is 0.211. The van der Waals surface area contributed by atoms with E-state index in [4.69, 9.17) is 9.47 Å². The number of imidazole rings is 1. The Labute approximate surface area is 384 Å². The number of anilines is 2. The number of rotatable bonds is 15. The van der Waals surface area contributed by atoms with Crippen molar-refractivity contribution in [3.05, 3.63) is 81.8 Å². The summed E-state index contributed by atoms with van der Waals surface area (Å²) in [6.45, 7) is 10.3. The molecule has 352 valence electrons. The lowest BCUT2D eigenvalue weighted by molar-refractivity contribution is -0.135. The highest BCUT2D eigenvalue weighted by atomic mass is 32.2. The van der Waals surface area contributed by atoms with Gasteiger partial charge in [0.1, 0.15) is 15.9 Å². The third-order valence-electron chi connectivity index (χ3n) is 14.2. The number of methoxy groups -OCH3 is 1. The van der Waals surface area contributed by atoms with Crippen LogP contribution in [0.3, 0.4) is 0 Å². The average molecular weight is 925 g/mol. The van der Waals surface area contributed by atoms with E-state index in [-0.39, 0.29) is 35.2 Å². The number of aromatic nitrogens is 2. The van der Waals surface area contributed by atoms with Gasteiger partial charge in [0, 0.05) is 82.3 Å². The molecule has 0 spiro atoms. The second-order valence-corrected chi connectivity index (χ2v) is 21.0. The Balaban J connectivity index is 0.735. The molecule has 0 bridgehead atoms. The predicted octanol–water partition coefficient (Wildman–Crippen LogP) is 3.83. The van der Waals surface area contributed by atoms with E-state index < -0.39 is 45.4 Å². The van der Waals surface area contributed by atoms with Gasteiger partial charge in [-0.05, 0) is 112 Å². The first-order chi connectivity index (χ1) is 31.7. The van der Waals surface area contributed by atoms with Gasteiger partial charge in [0.2, 0.25) is 11.8 Å². The van der Waals surface area contributed by atoms with Crippen molar-refractivity contribution in [1.82, 2.24) is 29.2 Å². The molecule has 4 aromatic rings. The van der Waals surface area contributed by atoms with E-state index in [1.54, 1.807) is 46.5 Å². The number of ether oxygens (including phenoxy) is 2. The molecule has 6 heterocycles. The Hall–Kier alpha value is -5.72. The molecule has 2 atom stereocenters. The molecule has 0 saturated carbocycles. The first-order valence-electron chi connectivity index (χ1n) is 23.2. The number of carbonyl (C=O) groups is 4. The van der Waals surface area contributed by atoms with E-state index in [1.165, 1.54) is 20.0 Å². The zero-order chi connectivity index (χ0) is 46.4. The summed E-state index contributed by atoms with van der Waals surface area (Å²) in [7, 11) is -0.388. The molecule has 4 fully saturated rings. The van der Waals surface area contributed by atoms with E-state index >= 15 is 0 Å². The number of nitrogens with zero attached hydrogens (tertiary/aromatic N) is 6. The molecule has 9 rings (SSSR count). The van der Waals surface area contributed by atoms with Gasteiger partial charge in [-0.25, -0.2) is 13.2 Å². The number of hydrogen-bond donors (Lipinski definition) is 2. The summed E-state index contributed by atoms with van der Waals surface area (Å²) in [6, 6.07) is 14.6. The fourth-order valence-corrected chi connectivity index (χ4v) is 11.6. The van der Waals surface area contributed by atoms with Gasteiger partial charge in [0.15, 0.2) is 11.5 Å². The van der Waals surface area contributed by atoms with Gasteiger partial charge in [-0.3, -0.25) is 38.5 Å². The van der Waals surface area contributed by atoms with E-state index in [2.05, 4.69) is 31.4 Å². The van der Waals surface area contributed by atoms with Crippen molar-refractivity contribution in [3.8, 4) is 11.5 Å². The minimum atomic E-state index is -3.61. The molecule has 1 unspecified atom stereocenters. The normalized spacial score (nSPS) is 21.0. The van der Waals surface area contributed by atoms with Crippen LogP contribution in [0.5, 0.6) is 11.5 Å². The van der Waals surface area contributed by atoms with Crippen LogP contribution in [-0.4, -0.2) is 140 Å². The maximum Gasteiger partial charge on any atom is 0.329 e. The topological polar surface area (TPSA) is 185 Å². The second-order valence-electron chi connectivity index (χ2n) is 18.8. The maximum absolute atomic E-state index is 14.0. The van der Waals surface area contributed by atoms with Gasteiger partial charge in [-0.1, -0.05) is 6.07 Å². The van der Waals surface area contributed by atoms with Gasteiger partial charge in [0.25, 0.3) is 11.8 Å². The third kappa shape index (κ3) is 9.19. The quantitative estimate of drug-likeness (QED) is 0.164. The zero-order valence-corrected chi connectivity index (χ0v) is 39.0. The lowest BCUT2D eigenvalue weighted by atomic mass is 9.92. The highest BCUT2D eigenvalue weighted by Crippen LogP contribution is 2.38. The molecular weight excluding hydrogens is 865 g/mol. The molecule has 66 heavy (non-hydrogen) atoms. The maximum atomic E-state index is 14.0. The molecule has 0 aliphatic carbocycles. The number of likely N-dealkylation sites (tertiary alicyclic amines) is 2. The lowest BCUT2D eigenvalue weighted by Crippen LogP contribution is -2.53. The van der Waals surface area contributed by atoms with Gasteiger partial charge < -0.3 is 29.5 Å². The summed E-state index contributed by atoms with van der Waals surface area (Å²) in [5.74, 6) is -0.138. The van der Waals surface area contributed by atoms with Crippen molar-refractivity contribution in [2.75, 3.05) is 88.3 Å². The van der Waals surface area contributed by atoms with Crippen molar-refractivity contribution < 1.29 is 37.1 Å². The van der Waals surface area contributed by atoms with Crippen molar-refractivity contribution in [2.24, 2.45) is 18.9 Å². The number of hydrogen-bond acceptors (Lipinski definition) is 13. The molecule has 2 N–H and O–H groups in total. The number of benzene rings is 3. The van der Waals surface area contributed by atoms with Crippen LogP contribution < -0.4 is 30.7 Å². The number of aryl methyl sites for hydroxylation is 1. The lowest BCUT2D eigenvalue weighted by Gasteiger charge is -2.45. The Morgan fingerprint density at radius 1 is 0.788 bits per heavy atom. The first kappa shape index (κ1) is 45.4. The van der Waals surface area contributed by atoms with Crippen LogP contribution in [0.15, 0.2) is 59.4 Å². The molecule has 17 nitrogen and oxygen atoms in total. The highest BCUT2D eigenvalue weighted by molar-refractivity contribution is 7.90. The highest BCUT2D eigenvalue weighted by Gasteiger charge is 2.42. The van der Waals surface area contributed by atoms with E-state index in [0.29, 0.717) is 47.4 Å². The number of sulfone groups is 1. The fraction of sp³-hybridized carbons (Fsp3) is 0.521. The van der Waals surface area contributed by atoms with E-state index in [1.807, 2.05) is 25.1 Å². The van der Waals surface area contributed by atoms with Crippen LogP contribution in [0.2, 0.25) is 0 Å². The summed E-state index contributed by atoms with van der Waals surface area (Å²) < 4.78 is 39.5. The second kappa shape index (κ2) is 18.5. The number of carbonyl (C=O) groups excluding carboxylic acids is 4. The summed E-state index contributed by atoms with van der Waals surface area (Å²) in [4.78, 5) is 74.1. The zero-order valence-electron chi connectivity index (χ0n) is 38.2. The van der Waals surface area contributed by atoms with Crippen LogP contribution in [0.4, 0.5) is 11.4 Å². The van der Waals surface area contributed by atoms with Gasteiger partial charge in [-0.2, -0.15) is 0 Å². The summed E-state index contributed by atoms with van der Waals surface area (Å²) in [5.41, 5.74) is 3.98. The van der Waals surface area contributed by atoms with Gasteiger partial charge >= 0.3 is 5.69 Å². The molecule has 4 saturated heterocycles. The number of nitrogens with one attached hydrogen (secondary N) is 2. The first-order valence-corrected chi connectivity index (χ1v) is 25.2. The van der Waals surface area contributed by atoms with E-state index in [0.717, 1.165) is 93.2 Å². The summed E-state index contributed by atoms with van der Waals surface area (Å²) >= 11 is 0. The summed E-state index contributed by atoms with van der Waals surface area (Å²) in [5, 5.41) is 6.00. The van der Waals surface area contributed by atoms with Crippen molar-refractivity contribution in [3.63, 3.8) is 0 Å². The van der Waals surface area contributed by atoms with Crippen LogP contribution in [0.1, 0.15) is 83.8 Å². The van der Waals surface area contributed by atoms with Crippen LogP contribution in [0, 0.1) is 11.8 Å². The van der Waals surface area contributed by atoms with Crippen molar-refractivity contribution in [1.29, 1.82) is 0 Å². The van der Waals surface area contributed by atoms with Crippen LogP contribution in [-0.2, 0) is 26.5 Å². The molecular formula is C48H60N8O9S. The standard InChI is InChI=1S/C48H60N8O9S/c1-5-65-43-22-32(6-12-42(43)64-3)41(29-66(4,62)63)56-46(59)36-9-7-34(23-37(36)47(56)60)49-33-16-20-53(21-17-33)25-30-14-18-52(19-15-30)26-31-27-54(28-31)35-8-10-38-40(24-35)55(48(61)51(38)2)39-11-13-44(57)50-45(39)58/h6-10,12,22-24,30-31,33,39,41,49H,5,11,13-21,25-29H2,1-4H3,(H,50,57,58)/t39?,41-/m1/s1. The molecule has 5 aliphatic rings. The molecule has 3 aromatic carbocycles. The molecule has 1 aromatic heterocycles. The van der Waals surface area contributed by atoms with Crippen molar-refractivity contribution >= 4 is 55.9 Å². The number of piperidine rings is 3. The SMILES string of the molecule is CCOc1cc([C@@H](CS(C)(=O)=O)N2C(=O)c3ccc(NC4CCN(CC5CCN(CC6CN(c7ccc8c(c7)n(C7CCC(=O)NC7=O)c(=O)n8C)C6)CC5)CC4)cc3C2=O)ccc1OC. The number of amides is 4. The molecule has 0 radical (unpaired) electrons. The van der Waals surface area contributed by atoms with Crippen LogP contribution >= 0.6 is 0 Å². The minimum Gasteiger partial charge on any atom is -0.493 e. The number of fused-ring (bicyclic) bond motifs is 2. The Bertz CT molecular complexity index is 2710. The number of imide groups is 2. The largest absolute Gasteiger partial charge is 0.493 e. The smallest absolute Gasteiger partial charge is 0.329 e. The monoisotopic (exact) mass is 924 g/mol. The van der Waals surface area contributed by atoms with Crippen LogP contribution in [0.25, 0.3) is 11.0 Å². The van der Waals surface area contributed by atoms with Crippen molar-refractivity contribution in [2.45, 2.75) is 63.6 Å². The Kier molecular flexibility index (Phi) is 12.7. The average Bonchev–Trinajstić information content (AvgIpc) is 3.67.